The van der Waals surface area contributed by atoms with E-state index in [9.17, 15) is 9.59 Å². The second kappa shape index (κ2) is 9.69. The molecule has 0 atom stereocenters. The molecule has 0 unspecified atom stereocenters. The molecule has 0 aliphatic heterocycles. The Kier molecular flexibility index (Phi) is 6.80. The SMILES string of the molecule is Cc1cc(C)c(/C=C/C(=O)NCc2cccc(NC(=O)Cn3cccn3)c2)cc1C. The van der Waals surface area contributed by atoms with Crippen molar-refractivity contribution in [1.29, 1.82) is 0 Å². The lowest BCUT2D eigenvalue weighted by atomic mass is 10.0. The van der Waals surface area contributed by atoms with E-state index in [4.69, 9.17) is 0 Å². The summed E-state index contributed by atoms with van der Waals surface area (Å²) in [5.74, 6) is -0.327. The second-order valence-corrected chi connectivity index (χ2v) is 7.30. The van der Waals surface area contributed by atoms with Crippen LogP contribution < -0.4 is 10.6 Å². The van der Waals surface area contributed by atoms with Gasteiger partial charge in [0, 0.05) is 30.7 Å². The first-order valence-electron chi connectivity index (χ1n) is 9.80. The number of aryl methyl sites for hydroxylation is 3. The third-order valence-corrected chi connectivity index (χ3v) is 4.84. The molecule has 30 heavy (non-hydrogen) atoms. The average Bonchev–Trinajstić information content (AvgIpc) is 3.21. The summed E-state index contributed by atoms with van der Waals surface area (Å²) in [7, 11) is 0. The topological polar surface area (TPSA) is 76.0 Å². The highest BCUT2D eigenvalue weighted by Crippen LogP contribution is 2.16. The van der Waals surface area contributed by atoms with E-state index in [2.05, 4.69) is 41.7 Å². The predicted octanol–water partition coefficient (Wildman–Crippen LogP) is 3.78. The van der Waals surface area contributed by atoms with E-state index in [1.165, 1.54) is 11.1 Å². The lowest BCUT2D eigenvalue weighted by Crippen LogP contribution is -2.21. The van der Waals surface area contributed by atoms with Crippen molar-refractivity contribution in [2.24, 2.45) is 0 Å². The molecule has 1 heterocycles. The van der Waals surface area contributed by atoms with E-state index in [1.807, 2.05) is 37.3 Å². The molecule has 0 aliphatic rings. The Hall–Kier alpha value is -3.67. The smallest absolute Gasteiger partial charge is 0.246 e. The highest BCUT2D eigenvalue weighted by atomic mass is 16.2. The molecule has 0 saturated carbocycles. The van der Waals surface area contributed by atoms with Gasteiger partial charge in [-0.3, -0.25) is 14.3 Å². The number of anilines is 1. The van der Waals surface area contributed by atoms with Crippen LogP contribution in [0.2, 0.25) is 0 Å². The number of benzene rings is 2. The fourth-order valence-electron chi connectivity index (χ4n) is 3.08. The first-order chi connectivity index (χ1) is 14.4. The number of hydrogen-bond acceptors (Lipinski definition) is 3. The summed E-state index contributed by atoms with van der Waals surface area (Å²) in [4.78, 5) is 24.3. The van der Waals surface area contributed by atoms with Gasteiger partial charge >= 0.3 is 0 Å². The van der Waals surface area contributed by atoms with Crippen LogP contribution in [0.3, 0.4) is 0 Å². The molecule has 0 saturated heterocycles. The van der Waals surface area contributed by atoms with Gasteiger partial charge in [-0.15, -0.1) is 0 Å². The Bertz CT molecular complexity index is 1070. The second-order valence-electron chi connectivity index (χ2n) is 7.30. The zero-order valence-corrected chi connectivity index (χ0v) is 17.5. The number of aromatic nitrogens is 2. The van der Waals surface area contributed by atoms with Crippen molar-refractivity contribution in [1.82, 2.24) is 15.1 Å². The minimum Gasteiger partial charge on any atom is -0.348 e. The summed E-state index contributed by atoms with van der Waals surface area (Å²) < 4.78 is 1.56. The van der Waals surface area contributed by atoms with Gasteiger partial charge < -0.3 is 10.6 Å². The molecule has 154 valence electrons. The number of nitrogens with one attached hydrogen (secondary N) is 2. The molecule has 6 nitrogen and oxygen atoms in total. The van der Waals surface area contributed by atoms with Gasteiger partial charge in [0.2, 0.25) is 11.8 Å². The van der Waals surface area contributed by atoms with Crippen LogP contribution in [-0.4, -0.2) is 21.6 Å². The zero-order chi connectivity index (χ0) is 21.5. The van der Waals surface area contributed by atoms with Crippen LogP contribution in [0, 0.1) is 20.8 Å². The highest BCUT2D eigenvalue weighted by molar-refractivity contribution is 5.92. The highest BCUT2D eigenvalue weighted by Gasteiger charge is 2.05. The Morgan fingerprint density at radius 2 is 1.83 bits per heavy atom. The first kappa shape index (κ1) is 21.0. The summed E-state index contributed by atoms with van der Waals surface area (Å²) in [5.41, 5.74) is 6.20. The van der Waals surface area contributed by atoms with Crippen molar-refractivity contribution in [2.45, 2.75) is 33.9 Å². The average molecular weight is 402 g/mol. The summed E-state index contributed by atoms with van der Waals surface area (Å²) in [5, 5.41) is 9.74. The van der Waals surface area contributed by atoms with Gasteiger partial charge in [0.25, 0.3) is 0 Å². The summed E-state index contributed by atoms with van der Waals surface area (Å²) in [6, 6.07) is 13.4. The lowest BCUT2D eigenvalue weighted by Gasteiger charge is -2.08. The largest absolute Gasteiger partial charge is 0.348 e. The molecule has 1 aromatic heterocycles. The van der Waals surface area contributed by atoms with Crippen LogP contribution in [0.15, 0.2) is 60.9 Å². The standard InChI is InChI=1S/C24H26N4O2/c1-17-12-19(3)21(13-18(17)2)8-9-23(29)25-15-20-6-4-7-22(14-20)27-24(30)16-28-11-5-10-26-28/h4-14H,15-16H2,1-3H3,(H,25,29)(H,27,30)/b9-8+. The first-order valence-corrected chi connectivity index (χ1v) is 9.80. The number of rotatable bonds is 7. The van der Waals surface area contributed by atoms with Crippen molar-refractivity contribution in [2.75, 3.05) is 5.32 Å². The fraction of sp³-hybridized carbons (Fsp3) is 0.208. The van der Waals surface area contributed by atoms with Crippen LogP contribution in [-0.2, 0) is 22.7 Å². The van der Waals surface area contributed by atoms with E-state index in [0.29, 0.717) is 12.2 Å². The third kappa shape index (κ3) is 5.91. The minimum atomic E-state index is -0.166. The third-order valence-electron chi connectivity index (χ3n) is 4.84. The van der Waals surface area contributed by atoms with E-state index in [1.54, 1.807) is 29.2 Å². The molecule has 2 aromatic carbocycles. The molecule has 0 radical (unpaired) electrons. The van der Waals surface area contributed by atoms with Gasteiger partial charge in [-0.25, -0.2) is 0 Å². The maximum atomic E-state index is 12.2. The van der Waals surface area contributed by atoms with Crippen LogP contribution in [0.1, 0.15) is 27.8 Å². The quantitative estimate of drug-likeness (QED) is 0.591. The summed E-state index contributed by atoms with van der Waals surface area (Å²) in [6.45, 7) is 6.70. The molecule has 3 rings (SSSR count). The Morgan fingerprint density at radius 3 is 2.60 bits per heavy atom. The molecule has 2 amide bonds. The predicted molar refractivity (Wildman–Crippen MR) is 119 cm³/mol. The zero-order valence-electron chi connectivity index (χ0n) is 17.5. The molecule has 2 N–H and O–H groups in total. The summed E-state index contributed by atoms with van der Waals surface area (Å²) >= 11 is 0. The van der Waals surface area contributed by atoms with Gasteiger partial charge in [0.15, 0.2) is 0 Å². The Labute approximate surface area is 176 Å². The molecule has 0 bridgehead atoms. The fourth-order valence-corrected chi connectivity index (χ4v) is 3.08. The van der Waals surface area contributed by atoms with Gasteiger partial charge in [-0.2, -0.15) is 5.10 Å². The van der Waals surface area contributed by atoms with Crippen molar-refractivity contribution >= 4 is 23.6 Å². The number of carbonyl (C=O) groups excluding carboxylic acids is 2. The van der Waals surface area contributed by atoms with Crippen LogP contribution in [0.25, 0.3) is 6.08 Å². The van der Waals surface area contributed by atoms with Gasteiger partial charge in [-0.05, 0) is 72.9 Å². The number of nitrogens with zero attached hydrogens (tertiary/aromatic N) is 2. The van der Waals surface area contributed by atoms with Gasteiger partial charge in [-0.1, -0.05) is 24.3 Å². The number of amides is 2. The van der Waals surface area contributed by atoms with Gasteiger partial charge in [0.05, 0.1) is 0 Å². The minimum absolute atomic E-state index is 0.149. The van der Waals surface area contributed by atoms with E-state index >= 15 is 0 Å². The van der Waals surface area contributed by atoms with Crippen molar-refractivity contribution < 1.29 is 9.59 Å². The van der Waals surface area contributed by atoms with Gasteiger partial charge in [0.1, 0.15) is 6.54 Å². The molecule has 0 aliphatic carbocycles. The lowest BCUT2D eigenvalue weighted by molar-refractivity contribution is -0.117. The molecular formula is C24H26N4O2. The van der Waals surface area contributed by atoms with Crippen LogP contribution in [0.4, 0.5) is 5.69 Å². The maximum absolute atomic E-state index is 12.2. The molecule has 0 fully saturated rings. The monoisotopic (exact) mass is 402 g/mol. The number of hydrogen-bond donors (Lipinski definition) is 2. The molecule has 6 heteroatoms. The van der Waals surface area contributed by atoms with Crippen molar-refractivity contribution in [3.8, 4) is 0 Å². The molecule has 0 spiro atoms. The van der Waals surface area contributed by atoms with Crippen molar-refractivity contribution in [3.63, 3.8) is 0 Å². The molecule has 3 aromatic rings. The normalized spacial score (nSPS) is 10.9. The molecular weight excluding hydrogens is 376 g/mol. The van der Waals surface area contributed by atoms with E-state index in [0.717, 1.165) is 16.7 Å². The van der Waals surface area contributed by atoms with Crippen molar-refractivity contribution in [3.05, 3.63) is 88.8 Å². The Balaban J connectivity index is 1.54. The number of carbonyl (C=O) groups is 2. The van der Waals surface area contributed by atoms with Crippen LogP contribution in [0.5, 0.6) is 0 Å². The summed E-state index contributed by atoms with van der Waals surface area (Å²) in [6.07, 6.45) is 6.75. The Morgan fingerprint density at radius 1 is 1.03 bits per heavy atom. The van der Waals surface area contributed by atoms with Crippen LogP contribution >= 0.6 is 0 Å². The van der Waals surface area contributed by atoms with E-state index in [-0.39, 0.29) is 18.4 Å². The van der Waals surface area contributed by atoms with E-state index < -0.39 is 0 Å². The maximum Gasteiger partial charge on any atom is 0.246 e.